The second kappa shape index (κ2) is 7.36. The Hall–Kier alpha value is -2.73. The lowest BCUT2D eigenvalue weighted by molar-refractivity contribution is -0.135. The SMILES string of the molecule is NCCCC(=O)N1CC(c2cc(F)ccc2F)=CC12CCOc1ccccc12. The van der Waals surface area contributed by atoms with Gasteiger partial charge in [0.25, 0.3) is 0 Å². The lowest BCUT2D eigenvalue weighted by Crippen LogP contribution is -2.48. The Labute approximate surface area is 162 Å². The first kappa shape index (κ1) is 18.6. The molecule has 6 heteroatoms. The largest absolute Gasteiger partial charge is 0.493 e. The van der Waals surface area contributed by atoms with Gasteiger partial charge in [0.15, 0.2) is 0 Å². The van der Waals surface area contributed by atoms with Gasteiger partial charge in [0, 0.05) is 30.5 Å². The van der Waals surface area contributed by atoms with E-state index < -0.39 is 17.2 Å². The number of hydrogen-bond acceptors (Lipinski definition) is 3. The van der Waals surface area contributed by atoms with Gasteiger partial charge in [0.1, 0.15) is 17.4 Å². The lowest BCUT2D eigenvalue weighted by Gasteiger charge is -2.42. The van der Waals surface area contributed by atoms with Gasteiger partial charge in [-0.1, -0.05) is 18.2 Å². The van der Waals surface area contributed by atoms with Gasteiger partial charge in [-0.2, -0.15) is 0 Å². The number of amides is 1. The van der Waals surface area contributed by atoms with E-state index in [4.69, 9.17) is 10.5 Å². The van der Waals surface area contributed by atoms with E-state index in [1.807, 2.05) is 30.3 Å². The second-order valence-electron chi connectivity index (χ2n) is 7.18. The van der Waals surface area contributed by atoms with E-state index in [1.54, 1.807) is 4.90 Å². The zero-order chi connectivity index (χ0) is 19.7. The Morgan fingerprint density at radius 2 is 2.04 bits per heavy atom. The molecule has 4 nitrogen and oxygen atoms in total. The van der Waals surface area contributed by atoms with Crippen LogP contribution in [-0.2, 0) is 10.3 Å². The predicted molar refractivity (Wildman–Crippen MR) is 103 cm³/mol. The number of rotatable bonds is 4. The van der Waals surface area contributed by atoms with Crippen molar-refractivity contribution in [2.75, 3.05) is 19.7 Å². The summed E-state index contributed by atoms with van der Waals surface area (Å²) < 4.78 is 34.0. The molecular formula is C22H22F2N2O2. The van der Waals surface area contributed by atoms with Crippen molar-refractivity contribution >= 4 is 11.5 Å². The predicted octanol–water partition coefficient (Wildman–Crippen LogP) is 3.61. The Balaban J connectivity index is 1.83. The van der Waals surface area contributed by atoms with Gasteiger partial charge in [-0.25, -0.2) is 8.78 Å². The lowest BCUT2D eigenvalue weighted by atomic mass is 9.83. The van der Waals surface area contributed by atoms with Crippen LogP contribution in [0.25, 0.3) is 5.57 Å². The summed E-state index contributed by atoms with van der Waals surface area (Å²) in [4.78, 5) is 14.8. The van der Waals surface area contributed by atoms with Crippen LogP contribution in [0.5, 0.6) is 5.75 Å². The van der Waals surface area contributed by atoms with Crippen molar-refractivity contribution in [3.63, 3.8) is 0 Å². The monoisotopic (exact) mass is 384 g/mol. The number of para-hydroxylation sites is 1. The molecule has 0 aromatic heterocycles. The number of nitrogens with zero attached hydrogens (tertiary/aromatic N) is 1. The Bertz CT molecular complexity index is 944. The van der Waals surface area contributed by atoms with Gasteiger partial charge < -0.3 is 15.4 Å². The molecule has 1 amide bonds. The molecule has 2 aliphatic heterocycles. The second-order valence-corrected chi connectivity index (χ2v) is 7.18. The summed E-state index contributed by atoms with van der Waals surface area (Å²) in [7, 11) is 0. The molecule has 2 aromatic carbocycles. The van der Waals surface area contributed by atoms with Gasteiger partial charge in [0.2, 0.25) is 5.91 Å². The molecule has 0 fully saturated rings. The van der Waals surface area contributed by atoms with E-state index in [2.05, 4.69) is 0 Å². The van der Waals surface area contributed by atoms with Gasteiger partial charge >= 0.3 is 0 Å². The minimum atomic E-state index is -0.728. The third kappa shape index (κ3) is 3.07. The first-order valence-electron chi connectivity index (χ1n) is 9.45. The van der Waals surface area contributed by atoms with E-state index in [-0.39, 0.29) is 18.0 Å². The van der Waals surface area contributed by atoms with Crippen LogP contribution in [0.1, 0.15) is 30.4 Å². The minimum absolute atomic E-state index is 0.0507. The number of carbonyl (C=O) groups is 1. The maximum Gasteiger partial charge on any atom is 0.223 e. The third-order valence-corrected chi connectivity index (χ3v) is 5.49. The molecule has 28 heavy (non-hydrogen) atoms. The van der Waals surface area contributed by atoms with Gasteiger partial charge in [-0.3, -0.25) is 4.79 Å². The number of ether oxygens (including phenoxy) is 1. The highest BCUT2D eigenvalue weighted by Gasteiger charge is 2.47. The normalized spacial score (nSPS) is 20.7. The quantitative estimate of drug-likeness (QED) is 0.876. The van der Waals surface area contributed by atoms with Crippen LogP contribution in [0.4, 0.5) is 8.78 Å². The number of fused-ring (bicyclic) bond motifs is 2. The molecule has 1 atom stereocenters. The molecule has 0 bridgehead atoms. The molecule has 1 spiro atoms. The molecular weight excluding hydrogens is 362 g/mol. The van der Waals surface area contributed by atoms with Crippen LogP contribution in [-0.4, -0.2) is 30.5 Å². The highest BCUT2D eigenvalue weighted by atomic mass is 19.1. The zero-order valence-corrected chi connectivity index (χ0v) is 15.5. The number of halogens is 2. The molecule has 2 aliphatic rings. The molecule has 1 unspecified atom stereocenters. The molecule has 2 aromatic rings. The summed E-state index contributed by atoms with van der Waals surface area (Å²) in [5.41, 5.74) is 6.52. The molecule has 0 saturated carbocycles. The van der Waals surface area contributed by atoms with Crippen molar-refractivity contribution in [3.05, 3.63) is 71.3 Å². The molecule has 146 valence electrons. The maximum atomic E-state index is 14.5. The maximum absolute atomic E-state index is 14.5. The summed E-state index contributed by atoms with van der Waals surface area (Å²) in [5, 5.41) is 0. The van der Waals surface area contributed by atoms with E-state index in [9.17, 15) is 13.6 Å². The van der Waals surface area contributed by atoms with Gasteiger partial charge in [0.05, 0.1) is 12.1 Å². The first-order chi connectivity index (χ1) is 13.5. The van der Waals surface area contributed by atoms with Crippen LogP contribution in [0, 0.1) is 11.6 Å². The standard InChI is InChI=1S/C22H22F2N2O2/c23-16-7-8-19(24)17(12-16)15-13-22(26(14-15)21(27)6-3-10-25)9-11-28-20-5-2-1-4-18(20)22/h1-2,4-5,7-8,12-13H,3,6,9-11,14,25H2. The topological polar surface area (TPSA) is 55.6 Å². The van der Waals surface area contributed by atoms with Crippen molar-refractivity contribution in [1.29, 1.82) is 0 Å². The van der Waals surface area contributed by atoms with E-state index in [1.165, 1.54) is 6.07 Å². The molecule has 2 N–H and O–H groups in total. The fraction of sp³-hybridized carbons (Fsp3) is 0.318. The van der Waals surface area contributed by atoms with Crippen LogP contribution < -0.4 is 10.5 Å². The van der Waals surface area contributed by atoms with Crippen molar-refractivity contribution in [3.8, 4) is 5.75 Å². The molecule has 4 rings (SSSR count). The smallest absolute Gasteiger partial charge is 0.223 e. The van der Waals surface area contributed by atoms with E-state index >= 15 is 0 Å². The molecule has 0 radical (unpaired) electrons. The minimum Gasteiger partial charge on any atom is -0.493 e. The number of nitrogens with two attached hydrogens (primary N) is 1. The number of carbonyl (C=O) groups excluding carboxylic acids is 1. The molecule has 0 saturated heterocycles. The van der Waals surface area contributed by atoms with E-state index in [0.29, 0.717) is 43.7 Å². The highest BCUT2D eigenvalue weighted by Crippen LogP contribution is 2.48. The van der Waals surface area contributed by atoms with Crippen molar-refractivity contribution in [2.24, 2.45) is 5.73 Å². The summed E-state index contributed by atoms with van der Waals surface area (Å²) in [6.45, 7) is 1.08. The molecule has 0 aliphatic carbocycles. The van der Waals surface area contributed by atoms with Crippen molar-refractivity contribution in [2.45, 2.75) is 24.8 Å². The zero-order valence-electron chi connectivity index (χ0n) is 15.5. The first-order valence-corrected chi connectivity index (χ1v) is 9.45. The van der Waals surface area contributed by atoms with Crippen molar-refractivity contribution < 1.29 is 18.3 Å². The Kier molecular flexibility index (Phi) is 4.89. The fourth-order valence-electron chi connectivity index (χ4n) is 4.16. The third-order valence-electron chi connectivity index (χ3n) is 5.49. The fourth-order valence-corrected chi connectivity index (χ4v) is 4.16. The highest BCUT2D eigenvalue weighted by molar-refractivity contribution is 5.85. The number of benzene rings is 2. The summed E-state index contributed by atoms with van der Waals surface area (Å²) in [6.07, 6.45) is 3.35. The average molecular weight is 384 g/mol. The summed E-state index contributed by atoms with van der Waals surface area (Å²) >= 11 is 0. The van der Waals surface area contributed by atoms with Crippen molar-refractivity contribution in [1.82, 2.24) is 4.90 Å². The van der Waals surface area contributed by atoms with Crippen LogP contribution in [0.2, 0.25) is 0 Å². The van der Waals surface area contributed by atoms with Crippen LogP contribution in [0.15, 0.2) is 48.5 Å². The van der Waals surface area contributed by atoms with E-state index in [0.717, 1.165) is 17.7 Å². The Morgan fingerprint density at radius 1 is 1.21 bits per heavy atom. The number of hydrogen-bond donors (Lipinski definition) is 1. The van der Waals surface area contributed by atoms with Crippen LogP contribution >= 0.6 is 0 Å². The summed E-state index contributed by atoms with van der Waals surface area (Å²) in [5.74, 6) is -0.348. The summed E-state index contributed by atoms with van der Waals surface area (Å²) in [6, 6.07) is 11.0. The van der Waals surface area contributed by atoms with Gasteiger partial charge in [-0.15, -0.1) is 0 Å². The molecule has 2 heterocycles. The average Bonchev–Trinajstić information content (AvgIpc) is 3.08. The van der Waals surface area contributed by atoms with Crippen LogP contribution in [0.3, 0.4) is 0 Å². The van der Waals surface area contributed by atoms with Gasteiger partial charge in [-0.05, 0) is 48.9 Å². The Morgan fingerprint density at radius 3 is 2.86 bits per heavy atom.